The van der Waals surface area contributed by atoms with Crippen LogP contribution in [0.5, 0.6) is 0 Å². The molecule has 0 aromatic rings. The Kier molecular flexibility index (Phi) is 5.73. The second-order valence-corrected chi connectivity index (χ2v) is 5.61. The Labute approximate surface area is 101 Å². The molecule has 0 aromatic heterocycles. The third-order valence-corrected chi connectivity index (χ3v) is 3.79. The lowest BCUT2D eigenvalue weighted by Crippen LogP contribution is -2.35. The highest BCUT2D eigenvalue weighted by Gasteiger charge is 2.30. The monoisotopic (exact) mass is 227 g/mol. The van der Waals surface area contributed by atoms with E-state index in [4.69, 9.17) is 5.73 Å². The minimum Gasteiger partial charge on any atom is -0.328 e. The van der Waals surface area contributed by atoms with Crippen molar-refractivity contribution in [2.45, 2.75) is 45.2 Å². The van der Waals surface area contributed by atoms with Gasteiger partial charge in [-0.05, 0) is 39.4 Å². The van der Waals surface area contributed by atoms with Crippen molar-refractivity contribution in [2.75, 3.05) is 33.7 Å². The largest absolute Gasteiger partial charge is 0.328 e. The van der Waals surface area contributed by atoms with Crippen LogP contribution in [0.1, 0.15) is 33.1 Å². The fraction of sp³-hybridized carbons (Fsp3) is 1.00. The minimum atomic E-state index is 0.402. The lowest BCUT2D eigenvalue weighted by Gasteiger charge is -2.23. The van der Waals surface area contributed by atoms with Crippen LogP contribution in [0.15, 0.2) is 0 Å². The van der Waals surface area contributed by atoms with E-state index in [2.05, 4.69) is 37.7 Å². The maximum atomic E-state index is 6.05. The SMILES string of the molecule is CCCC(N)CCN1CC(C)C(N(C)C)C1. The van der Waals surface area contributed by atoms with E-state index in [-0.39, 0.29) is 0 Å². The maximum absolute atomic E-state index is 6.05. The van der Waals surface area contributed by atoms with Crippen LogP contribution in [-0.2, 0) is 0 Å². The van der Waals surface area contributed by atoms with Crippen molar-refractivity contribution in [3.63, 3.8) is 0 Å². The third kappa shape index (κ3) is 4.04. The van der Waals surface area contributed by atoms with Crippen molar-refractivity contribution in [2.24, 2.45) is 11.7 Å². The highest BCUT2D eigenvalue weighted by Crippen LogP contribution is 2.20. The Balaban J connectivity index is 2.25. The number of nitrogens with zero attached hydrogens (tertiary/aromatic N) is 2. The summed E-state index contributed by atoms with van der Waals surface area (Å²) in [6.07, 6.45) is 3.53. The standard InChI is InChI=1S/C13H29N3/c1-5-6-12(14)7-8-16-9-11(2)13(10-16)15(3)4/h11-13H,5-10,14H2,1-4H3. The van der Waals surface area contributed by atoms with E-state index in [0.717, 1.165) is 18.4 Å². The molecule has 3 unspecified atom stereocenters. The smallest absolute Gasteiger partial charge is 0.0254 e. The molecule has 3 nitrogen and oxygen atoms in total. The molecule has 0 radical (unpaired) electrons. The topological polar surface area (TPSA) is 32.5 Å². The number of hydrogen-bond donors (Lipinski definition) is 1. The van der Waals surface area contributed by atoms with Gasteiger partial charge >= 0.3 is 0 Å². The lowest BCUT2D eigenvalue weighted by molar-refractivity contribution is 0.249. The van der Waals surface area contributed by atoms with Crippen molar-refractivity contribution in [1.82, 2.24) is 9.80 Å². The molecular weight excluding hydrogens is 198 g/mol. The fourth-order valence-corrected chi connectivity index (χ4v) is 2.77. The Bertz CT molecular complexity index is 194. The third-order valence-electron chi connectivity index (χ3n) is 3.79. The fourth-order valence-electron chi connectivity index (χ4n) is 2.77. The minimum absolute atomic E-state index is 0.402. The Morgan fingerprint density at radius 1 is 1.31 bits per heavy atom. The van der Waals surface area contributed by atoms with E-state index in [1.54, 1.807) is 0 Å². The van der Waals surface area contributed by atoms with Gasteiger partial charge < -0.3 is 15.5 Å². The second kappa shape index (κ2) is 6.58. The van der Waals surface area contributed by atoms with E-state index in [1.807, 2.05) is 0 Å². The maximum Gasteiger partial charge on any atom is 0.0254 e. The number of likely N-dealkylation sites (tertiary alicyclic amines) is 1. The highest BCUT2D eigenvalue weighted by molar-refractivity contribution is 4.86. The first-order chi connectivity index (χ1) is 7.54. The molecule has 1 heterocycles. The molecule has 3 atom stereocenters. The van der Waals surface area contributed by atoms with E-state index < -0.39 is 0 Å². The van der Waals surface area contributed by atoms with Crippen LogP contribution in [0.2, 0.25) is 0 Å². The van der Waals surface area contributed by atoms with Crippen LogP contribution in [0.3, 0.4) is 0 Å². The molecule has 3 heteroatoms. The van der Waals surface area contributed by atoms with Crippen LogP contribution < -0.4 is 5.73 Å². The van der Waals surface area contributed by atoms with Gasteiger partial charge in [0.05, 0.1) is 0 Å². The lowest BCUT2D eigenvalue weighted by atomic mass is 10.1. The molecule has 1 aliphatic heterocycles. The van der Waals surface area contributed by atoms with Gasteiger partial charge in [0, 0.05) is 25.2 Å². The molecule has 1 fully saturated rings. The summed E-state index contributed by atoms with van der Waals surface area (Å²) in [5.41, 5.74) is 6.05. The molecule has 0 spiro atoms. The van der Waals surface area contributed by atoms with E-state index in [9.17, 15) is 0 Å². The van der Waals surface area contributed by atoms with E-state index in [0.29, 0.717) is 6.04 Å². The van der Waals surface area contributed by atoms with E-state index >= 15 is 0 Å². The summed E-state index contributed by atoms with van der Waals surface area (Å²) in [7, 11) is 4.38. The molecule has 1 aliphatic rings. The summed E-state index contributed by atoms with van der Waals surface area (Å²) in [5, 5.41) is 0. The Hall–Kier alpha value is -0.120. The zero-order chi connectivity index (χ0) is 12.1. The van der Waals surface area contributed by atoms with E-state index in [1.165, 1.54) is 32.5 Å². The number of likely N-dealkylation sites (N-methyl/N-ethyl adjacent to an activating group) is 1. The number of nitrogens with two attached hydrogens (primary N) is 1. The summed E-state index contributed by atoms with van der Waals surface area (Å²) in [6.45, 7) is 8.20. The Morgan fingerprint density at radius 2 is 2.00 bits per heavy atom. The van der Waals surface area contributed by atoms with Crippen LogP contribution >= 0.6 is 0 Å². The molecule has 16 heavy (non-hydrogen) atoms. The molecular formula is C13H29N3. The molecule has 0 amide bonds. The molecule has 1 rings (SSSR count). The molecule has 0 saturated carbocycles. The van der Waals surface area contributed by atoms with Gasteiger partial charge in [-0.15, -0.1) is 0 Å². The molecule has 0 aliphatic carbocycles. The average Bonchev–Trinajstić information content (AvgIpc) is 2.57. The predicted molar refractivity (Wildman–Crippen MR) is 70.6 cm³/mol. The summed E-state index contributed by atoms with van der Waals surface area (Å²) in [4.78, 5) is 4.93. The van der Waals surface area contributed by atoms with Crippen molar-refractivity contribution in [3.05, 3.63) is 0 Å². The van der Waals surface area contributed by atoms with Crippen LogP contribution in [0.25, 0.3) is 0 Å². The summed E-state index contributed by atoms with van der Waals surface area (Å²) in [5.74, 6) is 0.789. The van der Waals surface area contributed by atoms with Crippen molar-refractivity contribution < 1.29 is 0 Å². The van der Waals surface area contributed by atoms with Gasteiger partial charge in [-0.2, -0.15) is 0 Å². The van der Waals surface area contributed by atoms with Crippen LogP contribution in [0.4, 0.5) is 0 Å². The zero-order valence-electron chi connectivity index (χ0n) is 11.4. The van der Waals surface area contributed by atoms with Gasteiger partial charge in [0.15, 0.2) is 0 Å². The Morgan fingerprint density at radius 3 is 2.50 bits per heavy atom. The molecule has 2 N–H and O–H groups in total. The predicted octanol–water partition coefficient (Wildman–Crippen LogP) is 1.39. The molecule has 0 aromatic carbocycles. The van der Waals surface area contributed by atoms with Gasteiger partial charge in [-0.25, -0.2) is 0 Å². The van der Waals surface area contributed by atoms with Gasteiger partial charge in [0.1, 0.15) is 0 Å². The summed E-state index contributed by atoms with van der Waals surface area (Å²) < 4.78 is 0. The molecule has 96 valence electrons. The summed E-state index contributed by atoms with van der Waals surface area (Å²) >= 11 is 0. The second-order valence-electron chi connectivity index (χ2n) is 5.61. The highest BCUT2D eigenvalue weighted by atomic mass is 15.2. The number of rotatable bonds is 6. The summed E-state index contributed by atoms with van der Waals surface area (Å²) in [6, 6.07) is 1.13. The van der Waals surface area contributed by atoms with Gasteiger partial charge in [0.2, 0.25) is 0 Å². The van der Waals surface area contributed by atoms with Crippen molar-refractivity contribution in [3.8, 4) is 0 Å². The quantitative estimate of drug-likeness (QED) is 0.744. The average molecular weight is 227 g/mol. The first-order valence-electron chi connectivity index (χ1n) is 6.69. The zero-order valence-corrected chi connectivity index (χ0v) is 11.4. The normalized spacial score (nSPS) is 28.9. The van der Waals surface area contributed by atoms with Crippen LogP contribution in [-0.4, -0.2) is 55.6 Å². The first kappa shape index (κ1) is 13.9. The molecule has 0 bridgehead atoms. The van der Waals surface area contributed by atoms with Crippen molar-refractivity contribution in [1.29, 1.82) is 0 Å². The first-order valence-corrected chi connectivity index (χ1v) is 6.69. The number of hydrogen-bond acceptors (Lipinski definition) is 3. The van der Waals surface area contributed by atoms with Crippen LogP contribution in [0, 0.1) is 5.92 Å². The van der Waals surface area contributed by atoms with Gasteiger partial charge in [0.25, 0.3) is 0 Å². The molecule has 1 saturated heterocycles. The van der Waals surface area contributed by atoms with Gasteiger partial charge in [-0.1, -0.05) is 20.3 Å². The van der Waals surface area contributed by atoms with Gasteiger partial charge in [-0.3, -0.25) is 0 Å². The van der Waals surface area contributed by atoms with Crippen molar-refractivity contribution >= 4 is 0 Å².